The molecule has 0 heterocycles. The molecule has 3 N–H and O–H groups in total. The van der Waals surface area contributed by atoms with Crippen molar-refractivity contribution >= 4 is 11.5 Å². The SMILES string of the molecule is CCCCCCCCCN(C)c1ccc(F)c(C(=N)N)c1F. The number of benzene rings is 1. The lowest BCUT2D eigenvalue weighted by molar-refractivity contribution is 0.569. The van der Waals surface area contributed by atoms with Crippen LogP contribution in [0.25, 0.3) is 0 Å². The monoisotopic (exact) mass is 311 g/mol. The van der Waals surface area contributed by atoms with E-state index in [1.807, 2.05) is 0 Å². The van der Waals surface area contributed by atoms with Gasteiger partial charge in [0.2, 0.25) is 0 Å². The van der Waals surface area contributed by atoms with Crippen LogP contribution in [-0.2, 0) is 0 Å². The van der Waals surface area contributed by atoms with Crippen molar-refractivity contribution in [1.82, 2.24) is 0 Å². The summed E-state index contributed by atoms with van der Waals surface area (Å²) in [4.78, 5) is 1.76. The van der Waals surface area contributed by atoms with Crippen LogP contribution in [0.2, 0.25) is 0 Å². The summed E-state index contributed by atoms with van der Waals surface area (Å²) < 4.78 is 27.8. The Morgan fingerprint density at radius 2 is 1.68 bits per heavy atom. The van der Waals surface area contributed by atoms with Gasteiger partial charge in [0.1, 0.15) is 11.7 Å². The molecular weight excluding hydrogens is 284 g/mol. The Morgan fingerprint density at radius 1 is 1.09 bits per heavy atom. The number of hydrogen-bond acceptors (Lipinski definition) is 2. The molecule has 22 heavy (non-hydrogen) atoms. The maximum atomic E-state index is 14.2. The largest absolute Gasteiger partial charge is 0.384 e. The van der Waals surface area contributed by atoms with Gasteiger partial charge in [-0.3, -0.25) is 5.41 Å². The van der Waals surface area contributed by atoms with Crippen LogP contribution < -0.4 is 10.6 Å². The summed E-state index contributed by atoms with van der Waals surface area (Å²) in [6.07, 6.45) is 8.32. The number of amidine groups is 1. The first-order chi connectivity index (χ1) is 10.5. The molecule has 1 rings (SSSR count). The molecule has 0 amide bonds. The molecule has 0 fully saturated rings. The molecule has 0 unspecified atom stereocenters. The van der Waals surface area contributed by atoms with Crippen molar-refractivity contribution in [2.75, 3.05) is 18.5 Å². The number of anilines is 1. The maximum absolute atomic E-state index is 14.2. The fraction of sp³-hybridized carbons (Fsp3) is 0.588. The fourth-order valence-electron chi connectivity index (χ4n) is 2.51. The highest BCUT2D eigenvalue weighted by molar-refractivity contribution is 5.96. The molecule has 0 radical (unpaired) electrons. The van der Waals surface area contributed by atoms with Gasteiger partial charge in [-0.25, -0.2) is 8.78 Å². The van der Waals surface area contributed by atoms with Gasteiger partial charge >= 0.3 is 0 Å². The first-order valence-corrected chi connectivity index (χ1v) is 8.02. The predicted octanol–water partition coefficient (Wildman–Crippen LogP) is 4.44. The summed E-state index contributed by atoms with van der Waals surface area (Å²) in [7, 11) is 1.78. The van der Waals surface area contributed by atoms with E-state index in [0.29, 0.717) is 6.54 Å². The Kier molecular flexibility index (Phi) is 7.85. The van der Waals surface area contributed by atoms with E-state index in [9.17, 15) is 8.78 Å². The van der Waals surface area contributed by atoms with E-state index in [0.717, 1.165) is 18.9 Å². The molecule has 0 atom stereocenters. The molecule has 0 aliphatic rings. The van der Waals surface area contributed by atoms with Gasteiger partial charge in [-0.15, -0.1) is 0 Å². The minimum atomic E-state index is -0.793. The zero-order valence-corrected chi connectivity index (χ0v) is 13.6. The molecule has 1 aromatic carbocycles. The van der Waals surface area contributed by atoms with E-state index < -0.39 is 23.0 Å². The standard InChI is InChI=1S/C17H27F2N3/c1-3-4-5-6-7-8-9-12-22(2)14-11-10-13(18)15(16(14)19)17(20)21/h10-11H,3-9,12H2,1-2H3,(H3,20,21). The van der Waals surface area contributed by atoms with Crippen LogP contribution in [0.5, 0.6) is 0 Å². The van der Waals surface area contributed by atoms with Crippen molar-refractivity contribution in [3.8, 4) is 0 Å². The van der Waals surface area contributed by atoms with Crippen molar-refractivity contribution in [2.45, 2.75) is 51.9 Å². The molecule has 0 spiro atoms. The Bertz CT molecular complexity index is 489. The number of rotatable bonds is 10. The van der Waals surface area contributed by atoms with Gasteiger partial charge in [-0.05, 0) is 18.6 Å². The number of nitrogens with two attached hydrogens (primary N) is 1. The average Bonchev–Trinajstić information content (AvgIpc) is 2.45. The minimum Gasteiger partial charge on any atom is -0.384 e. The molecule has 5 heteroatoms. The quantitative estimate of drug-likeness (QED) is 0.381. The van der Waals surface area contributed by atoms with Gasteiger partial charge in [-0.1, -0.05) is 45.4 Å². The van der Waals surface area contributed by atoms with E-state index in [-0.39, 0.29) is 5.69 Å². The van der Waals surface area contributed by atoms with Crippen LogP contribution in [0.1, 0.15) is 57.4 Å². The van der Waals surface area contributed by atoms with Crippen LogP contribution in [-0.4, -0.2) is 19.4 Å². The predicted molar refractivity (Wildman–Crippen MR) is 88.6 cm³/mol. The van der Waals surface area contributed by atoms with Crippen molar-refractivity contribution in [1.29, 1.82) is 5.41 Å². The van der Waals surface area contributed by atoms with Crippen molar-refractivity contribution in [3.05, 3.63) is 29.3 Å². The van der Waals surface area contributed by atoms with E-state index in [4.69, 9.17) is 11.1 Å². The number of nitrogen functional groups attached to an aromatic ring is 1. The summed E-state index contributed by atoms with van der Waals surface area (Å²) in [5, 5.41) is 7.28. The van der Waals surface area contributed by atoms with E-state index in [1.165, 1.54) is 38.2 Å². The van der Waals surface area contributed by atoms with Crippen molar-refractivity contribution in [2.24, 2.45) is 5.73 Å². The highest BCUT2D eigenvalue weighted by atomic mass is 19.1. The van der Waals surface area contributed by atoms with Crippen LogP contribution >= 0.6 is 0 Å². The third-order valence-corrected chi connectivity index (χ3v) is 3.85. The van der Waals surface area contributed by atoms with E-state index in [1.54, 1.807) is 11.9 Å². The second-order valence-corrected chi connectivity index (χ2v) is 5.71. The Morgan fingerprint density at radius 3 is 2.27 bits per heavy atom. The molecule has 0 aromatic heterocycles. The maximum Gasteiger partial charge on any atom is 0.160 e. The molecule has 0 aliphatic heterocycles. The molecule has 0 bridgehead atoms. The van der Waals surface area contributed by atoms with Gasteiger partial charge in [0, 0.05) is 13.6 Å². The zero-order chi connectivity index (χ0) is 16.5. The topological polar surface area (TPSA) is 53.1 Å². The molecule has 1 aromatic rings. The van der Waals surface area contributed by atoms with Crippen LogP contribution in [0.15, 0.2) is 12.1 Å². The highest BCUT2D eigenvalue weighted by Crippen LogP contribution is 2.24. The molecular formula is C17H27F2N3. The number of nitrogens with zero attached hydrogens (tertiary/aromatic N) is 1. The van der Waals surface area contributed by atoms with Crippen LogP contribution in [0.4, 0.5) is 14.5 Å². The lowest BCUT2D eigenvalue weighted by Gasteiger charge is -2.21. The Balaban J connectivity index is 2.51. The van der Waals surface area contributed by atoms with Gasteiger partial charge < -0.3 is 10.6 Å². The average molecular weight is 311 g/mol. The summed E-state index contributed by atoms with van der Waals surface area (Å²) >= 11 is 0. The molecule has 0 saturated heterocycles. The molecule has 0 saturated carbocycles. The number of unbranched alkanes of at least 4 members (excludes halogenated alkanes) is 6. The third kappa shape index (κ3) is 5.28. The van der Waals surface area contributed by atoms with Crippen LogP contribution in [0, 0.1) is 17.0 Å². The van der Waals surface area contributed by atoms with Gasteiger partial charge in [0.05, 0.1) is 11.3 Å². The van der Waals surface area contributed by atoms with Crippen LogP contribution in [0.3, 0.4) is 0 Å². The van der Waals surface area contributed by atoms with Crippen molar-refractivity contribution in [3.63, 3.8) is 0 Å². The van der Waals surface area contributed by atoms with Gasteiger partial charge in [0.15, 0.2) is 5.82 Å². The van der Waals surface area contributed by atoms with Crippen molar-refractivity contribution < 1.29 is 8.78 Å². The number of hydrogen-bond donors (Lipinski definition) is 2. The lowest BCUT2D eigenvalue weighted by Crippen LogP contribution is -2.23. The zero-order valence-electron chi connectivity index (χ0n) is 13.6. The minimum absolute atomic E-state index is 0.289. The Labute approximate surface area is 132 Å². The van der Waals surface area contributed by atoms with Gasteiger partial charge in [-0.2, -0.15) is 0 Å². The Hall–Kier alpha value is -1.65. The summed E-state index contributed by atoms with van der Waals surface area (Å²) in [5.41, 5.74) is 5.10. The normalized spacial score (nSPS) is 10.7. The summed E-state index contributed by atoms with van der Waals surface area (Å²) in [6.45, 7) is 2.90. The second kappa shape index (κ2) is 9.38. The smallest absolute Gasteiger partial charge is 0.160 e. The molecule has 3 nitrogen and oxygen atoms in total. The van der Waals surface area contributed by atoms with E-state index >= 15 is 0 Å². The first-order valence-electron chi connectivity index (χ1n) is 8.02. The molecule has 124 valence electrons. The third-order valence-electron chi connectivity index (χ3n) is 3.85. The summed E-state index contributed by atoms with van der Waals surface area (Å²) in [6, 6.07) is 2.56. The van der Waals surface area contributed by atoms with Gasteiger partial charge in [0.25, 0.3) is 0 Å². The lowest BCUT2D eigenvalue weighted by atomic mass is 10.1. The number of nitrogens with one attached hydrogen (secondary N) is 1. The highest BCUT2D eigenvalue weighted by Gasteiger charge is 2.18. The fourth-order valence-corrected chi connectivity index (χ4v) is 2.51. The van der Waals surface area contributed by atoms with E-state index in [2.05, 4.69) is 6.92 Å². The number of halogens is 2. The molecule has 0 aliphatic carbocycles. The second-order valence-electron chi connectivity index (χ2n) is 5.71. The first kappa shape index (κ1) is 18.4. The summed E-state index contributed by atoms with van der Waals surface area (Å²) in [5.74, 6) is -2.13.